The third-order valence-corrected chi connectivity index (χ3v) is 7.28. The van der Waals surface area contributed by atoms with Gasteiger partial charge in [0.1, 0.15) is 17.0 Å². The minimum absolute atomic E-state index is 0.229. The van der Waals surface area contributed by atoms with Gasteiger partial charge in [-0.3, -0.25) is 9.69 Å². The second-order valence-corrected chi connectivity index (χ2v) is 9.63. The van der Waals surface area contributed by atoms with Gasteiger partial charge in [-0.05, 0) is 61.7 Å². The predicted molar refractivity (Wildman–Crippen MR) is 140 cm³/mol. The highest BCUT2D eigenvalue weighted by molar-refractivity contribution is 6.39. The number of hydrogen-bond donors (Lipinski definition) is 1. The lowest BCUT2D eigenvalue weighted by molar-refractivity contribution is 0.102. The molecule has 0 fully saturated rings. The fourth-order valence-electron chi connectivity index (χ4n) is 4.79. The van der Waals surface area contributed by atoms with Crippen LogP contribution in [0.3, 0.4) is 0 Å². The van der Waals surface area contributed by atoms with Crippen LogP contribution in [0, 0.1) is 6.92 Å². The minimum Gasteiger partial charge on any atom is -0.360 e. The van der Waals surface area contributed by atoms with Crippen molar-refractivity contribution in [3.63, 3.8) is 0 Å². The maximum atomic E-state index is 13.5. The van der Waals surface area contributed by atoms with Crippen LogP contribution < -0.4 is 5.32 Å². The van der Waals surface area contributed by atoms with E-state index in [0.29, 0.717) is 32.6 Å². The molecule has 5 nitrogen and oxygen atoms in total. The SMILES string of the molecule is Cc1onc(-c2c(Cl)cccc2Cl)c1C(=O)Nc1ccccc1C[C@@H]1c2ccccc2CCN1C. The predicted octanol–water partition coefficient (Wildman–Crippen LogP) is 6.98. The number of halogens is 2. The number of carbonyl (C=O) groups excluding carboxylic acids is 1. The normalized spacial score (nSPS) is 15.6. The topological polar surface area (TPSA) is 58.4 Å². The van der Waals surface area contributed by atoms with E-state index in [-0.39, 0.29) is 11.9 Å². The first-order valence-corrected chi connectivity index (χ1v) is 12.3. The van der Waals surface area contributed by atoms with Crippen LogP contribution >= 0.6 is 23.2 Å². The van der Waals surface area contributed by atoms with Gasteiger partial charge in [0, 0.05) is 23.8 Å². The summed E-state index contributed by atoms with van der Waals surface area (Å²) in [5.74, 6) is 0.0755. The first-order chi connectivity index (χ1) is 16.9. The van der Waals surface area contributed by atoms with E-state index < -0.39 is 0 Å². The highest BCUT2D eigenvalue weighted by Gasteiger charge is 2.27. The van der Waals surface area contributed by atoms with E-state index in [1.165, 1.54) is 11.1 Å². The number of carbonyl (C=O) groups is 1. The molecule has 1 aromatic heterocycles. The fourth-order valence-corrected chi connectivity index (χ4v) is 5.37. The number of fused-ring (bicyclic) bond motifs is 1. The van der Waals surface area contributed by atoms with Crippen LogP contribution in [0.1, 0.15) is 38.9 Å². The third-order valence-electron chi connectivity index (χ3n) is 6.65. The van der Waals surface area contributed by atoms with Crippen LogP contribution in [0.2, 0.25) is 10.0 Å². The van der Waals surface area contributed by atoms with E-state index in [0.717, 1.165) is 30.6 Å². The highest BCUT2D eigenvalue weighted by atomic mass is 35.5. The molecule has 0 unspecified atom stereocenters. The monoisotopic (exact) mass is 505 g/mol. The van der Waals surface area contributed by atoms with E-state index in [9.17, 15) is 4.79 Å². The molecule has 0 saturated carbocycles. The maximum absolute atomic E-state index is 13.5. The average molecular weight is 506 g/mol. The molecule has 2 heterocycles. The number of aryl methyl sites for hydroxylation is 1. The van der Waals surface area contributed by atoms with Gasteiger partial charge in [0.15, 0.2) is 0 Å². The van der Waals surface area contributed by atoms with Crippen molar-refractivity contribution in [3.8, 4) is 11.3 Å². The molecule has 0 saturated heterocycles. The van der Waals surface area contributed by atoms with Gasteiger partial charge in [-0.2, -0.15) is 0 Å². The second kappa shape index (κ2) is 9.86. The lowest BCUT2D eigenvalue weighted by atomic mass is 9.88. The molecule has 1 aliphatic heterocycles. The average Bonchev–Trinajstić information content (AvgIpc) is 3.23. The summed E-state index contributed by atoms with van der Waals surface area (Å²) in [5, 5.41) is 8.00. The van der Waals surface area contributed by atoms with Gasteiger partial charge in [0.2, 0.25) is 0 Å². The molecular formula is C28H25Cl2N3O2. The molecule has 35 heavy (non-hydrogen) atoms. The van der Waals surface area contributed by atoms with E-state index in [1.807, 2.05) is 18.2 Å². The molecular weight excluding hydrogens is 481 g/mol. The number of nitrogens with one attached hydrogen (secondary N) is 1. The molecule has 1 atom stereocenters. The van der Waals surface area contributed by atoms with E-state index in [2.05, 4.69) is 52.8 Å². The molecule has 7 heteroatoms. The van der Waals surface area contributed by atoms with Crippen molar-refractivity contribution in [2.75, 3.05) is 18.9 Å². The van der Waals surface area contributed by atoms with Crippen molar-refractivity contribution in [1.82, 2.24) is 10.1 Å². The van der Waals surface area contributed by atoms with E-state index in [1.54, 1.807) is 25.1 Å². The first kappa shape index (κ1) is 23.6. The van der Waals surface area contributed by atoms with Crippen molar-refractivity contribution < 1.29 is 9.32 Å². The molecule has 0 spiro atoms. The molecule has 0 aliphatic carbocycles. The van der Waals surface area contributed by atoms with Crippen LogP contribution in [0.25, 0.3) is 11.3 Å². The molecule has 5 rings (SSSR count). The molecule has 178 valence electrons. The third kappa shape index (κ3) is 4.59. The van der Waals surface area contributed by atoms with Crippen molar-refractivity contribution in [3.05, 3.63) is 105 Å². The summed E-state index contributed by atoms with van der Waals surface area (Å²) in [6.07, 6.45) is 1.82. The molecule has 1 aliphatic rings. The summed E-state index contributed by atoms with van der Waals surface area (Å²) >= 11 is 12.8. The Morgan fingerprint density at radius 1 is 1.06 bits per heavy atom. The van der Waals surface area contributed by atoms with Crippen molar-refractivity contribution in [1.29, 1.82) is 0 Å². The molecule has 4 aromatic rings. The van der Waals surface area contributed by atoms with Crippen LogP contribution in [0.15, 0.2) is 71.3 Å². The Bertz CT molecular complexity index is 1380. The molecule has 0 radical (unpaired) electrons. The Morgan fingerprint density at radius 2 is 1.77 bits per heavy atom. The summed E-state index contributed by atoms with van der Waals surface area (Å²) in [6.45, 7) is 2.70. The van der Waals surface area contributed by atoms with Crippen molar-refractivity contribution >= 4 is 34.8 Å². The van der Waals surface area contributed by atoms with Gasteiger partial charge in [0.25, 0.3) is 5.91 Å². The second-order valence-electron chi connectivity index (χ2n) is 8.82. The summed E-state index contributed by atoms with van der Waals surface area (Å²) in [5.41, 5.74) is 5.66. The van der Waals surface area contributed by atoms with Gasteiger partial charge in [-0.1, -0.05) is 76.9 Å². The number of aromatic nitrogens is 1. The number of hydrogen-bond acceptors (Lipinski definition) is 4. The standard InChI is InChI=1S/C28H25Cl2N3O2/c1-17-25(27(32-35-17)26-21(29)11-7-12-22(26)30)28(34)31-23-13-6-4-9-19(23)16-24-20-10-5-3-8-18(20)14-15-33(24)2/h3-13,24H,14-16H2,1-2H3,(H,31,34)/t24-/m1/s1. The lowest BCUT2D eigenvalue weighted by Crippen LogP contribution is -2.33. The smallest absolute Gasteiger partial charge is 0.261 e. The summed E-state index contributed by atoms with van der Waals surface area (Å²) in [6, 6.07) is 21.9. The van der Waals surface area contributed by atoms with Gasteiger partial charge in [-0.15, -0.1) is 0 Å². The Labute approximate surface area is 214 Å². The zero-order valence-electron chi connectivity index (χ0n) is 19.5. The fraction of sp³-hybridized carbons (Fsp3) is 0.214. The Hall–Kier alpha value is -3.12. The Balaban J connectivity index is 1.46. The van der Waals surface area contributed by atoms with Crippen molar-refractivity contribution in [2.45, 2.75) is 25.8 Å². The Morgan fingerprint density at radius 3 is 2.57 bits per heavy atom. The number of nitrogens with zero attached hydrogens (tertiary/aromatic N) is 2. The number of rotatable bonds is 5. The lowest BCUT2D eigenvalue weighted by Gasteiger charge is -2.35. The molecule has 0 bridgehead atoms. The van der Waals surface area contributed by atoms with Crippen LogP contribution in [0.4, 0.5) is 5.69 Å². The molecule has 3 aromatic carbocycles. The van der Waals surface area contributed by atoms with Crippen molar-refractivity contribution in [2.24, 2.45) is 0 Å². The van der Waals surface area contributed by atoms with Gasteiger partial charge in [-0.25, -0.2) is 0 Å². The summed E-state index contributed by atoms with van der Waals surface area (Å²) in [7, 11) is 2.15. The zero-order valence-corrected chi connectivity index (χ0v) is 21.0. The van der Waals surface area contributed by atoms with E-state index >= 15 is 0 Å². The molecule has 1 N–H and O–H groups in total. The van der Waals surface area contributed by atoms with Crippen LogP contribution in [-0.2, 0) is 12.8 Å². The maximum Gasteiger partial charge on any atom is 0.261 e. The quantitative estimate of drug-likeness (QED) is 0.317. The Kier molecular flexibility index (Phi) is 6.65. The van der Waals surface area contributed by atoms with Gasteiger partial charge in [0.05, 0.1) is 10.0 Å². The number of anilines is 1. The number of amides is 1. The number of para-hydroxylation sites is 1. The number of likely N-dealkylation sites (N-methyl/N-ethyl adjacent to an activating group) is 1. The summed E-state index contributed by atoms with van der Waals surface area (Å²) < 4.78 is 5.39. The number of benzene rings is 3. The zero-order chi connectivity index (χ0) is 24.5. The largest absolute Gasteiger partial charge is 0.360 e. The summed E-state index contributed by atoms with van der Waals surface area (Å²) in [4.78, 5) is 15.9. The van der Waals surface area contributed by atoms with E-state index in [4.69, 9.17) is 27.7 Å². The van der Waals surface area contributed by atoms with Gasteiger partial charge >= 0.3 is 0 Å². The minimum atomic E-state index is -0.320. The van der Waals surface area contributed by atoms with Gasteiger partial charge < -0.3 is 9.84 Å². The first-order valence-electron chi connectivity index (χ1n) is 11.5. The highest BCUT2D eigenvalue weighted by Crippen LogP contribution is 2.37. The van der Waals surface area contributed by atoms with Crippen LogP contribution in [-0.4, -0.2) is 29.6 Å². The van der Waals surface area contributed by atoms with Crippen LogP contribution in [0.5, 0.6) is 0 Å². The molecule has 1 amide bonds.